The molecule has 1 aromatic rings. The lowest BCUT2D eigenvalue weighted by Gasteiger charge is -2.35. The molecule has 100 valence electrons. The van der Waals surface area contributed by atoms with E-state index in [0.717, 1.165) is 38.9 Å². The van der Waals surface area contributed by atoms with E-state index in [-0.39, 0.29) is 5.56 Å². The van der Waals surface area contributed by atoms with E-state index in [1.54, 1.807) is 24.0 Å². The molecule has 5 heteroatoms. The molecule has 1 fully saturated rings. The molecule has 0 radical (unpaired) electrons. The molecular formula is C13H22N4O. The van der Waals surface area contributed by atoms with Gasteiger partial charge < -0.3 is 14.8 Å². The topological polar surface area (TPSA) is 50.2 Å². The van der Waals surface area contributed by atoms with Crippen molar-refractivity contribution in [1.29, 1.82) is 0 Å². The average molecular weight is 250 g/mol. The monoisotopic (exact) mass is 250 g/mol. The van der Waals surface area contributed by atoms with Gasteiger partial charge in [0.1, 0.15) is 0 Å². The third-order valence-electron chi connectivity index (χ3n) is 3.45. The van der Waals surface area contributed by atoms with Crippen molar-refractivity contribution in [2.75, 3.05) is 24.5 Å². The number of aromatic nitrogens is 2. The first kappa shape index (κ1) is 13.1. The highest BCUT2D eigenvalue weighted by molar-refractivity contribution is 5.37. The third-order valence-corrected chi connectivity index (χ3v) is 3.45. The number of piperidine rings is 1. The minimum atomic E-state index is -0.00322. The molecule has 0 aromatic carbocycles. The van der Waals surface area contributed by atoms with Gasteiger partial charge in [0.05, 0.1) is 0 Å². The predicted molar refractivity (Wildman–Crippen MR) is 73.0 cm³/mol. The summed E-state index contributed by atoms with van der Waals surface area (Å²) in [6.45, 7) is 5.05. The van der Waals surface area contributed by atoms with Gasteiger partial charge in [0.2, 0.25) is 0 Å². The molecule has 0 aliphatic carbocycles. The van der Waals surface area contributed by atoms with Crippen molar-refractivity contribution in [2.45, 2.75) is 32.2 Å². The van der Waals surface area contributed by atoms with Crippen molar-refractivity contribution in [3.8, 4) is 0 Å². The normalized spacial score (nSPS) is 19.8. The van der Waals surface area contributed by atoms with Gasteiger partial charge in [0.25, 0.3) is 5.56 Å². The molecule has 2 heterocycles. The van der Waals surface area contributed by atoms with Crippen LogP contribution in [-0.4, -0.2) is 35.2 Å². The molecule has 0 amide bonds. The van der Waals surface area contributed by atoms with E-state index >= 15 is 0 Å². The molecular weight excluding hydrogens is 228 g/mol. The summed E-state index contributed by atoms with van der Waals surface area (Å²) < 4.78 is 1.60. The minimum absolute atomic E-state index is 0.00322. The van der Waals surface area contributed by atoms with E-state index in [9.17, 15) is 4.79 Å². The Bertz CT molecular complexity index is 437. The maximum absolute atomic E-state index is 12.2. The van der Waals surface area contributed by atoms with Gasteiger partial charge >= 0.3 is 0 Å². The van der Waals surface area contributed by atoms with Gasteiger partial charge in [-0.1, -0.05) is 6.92 Å². The van der Waals surface area contributed by atoms with Gasteiger partial charge in [0, 0.05) is 38.6 Å². The number of aryl methyl sites for hydroxylation is 1. The molecule has 0 spiro atoms. The van der Waals surface area contributed by atoms with Gasteiger partial charge in [0.15, 0.2) is 5.82 Å². The zero-order valence-electron chi connectivity index (χ0n) is 11.2. The first-order valence-electron chi connectivity index (χ1n) is 6.73. The summed E-state index contributed by atoms with van der Waals surface area (Å²) in [6, 6.07) is 0.390. The molecule has 1 unspecified atom stereocenters. The van der Waals surface area contributed by atoms with E-state index in [0.29, 0.717) is 11.9 Å². The SMILES string of the molecule is CCCN(c1nccn(C)c1=O)C1CCCNC1. The number of hydrogen-bond donors (Lipinski definition) is 1. The first-order valence-corrected chi connectivity index (χ1v) is 6.73. The number of hydrogen-bond acceptors (Lipinski definition) is 4. The fourth-order valence-electron chi connectivity index (χ4n) is 2.48. The molecule has 1 aliphatic rings. The Labute approximate surface area is 108 Å². The second-order valence-corrected chi connectivity index (χ2v) is 4.86. The Morgan fingerprint density at radius 1 is 1.61 bits per heavy atom. The van der Waals surface area contributed by atoms with Gasteiger partial charge in [-0.2, -0.15) is 0 Å². The molecule has 5 nitrogen and oxygen atoms in total. The summed E-state index contributed by atoms with van der Waals surface area (Å²) >= 11 is 0. The fraction of sp³-hybridized carbons (Fsp3) is 0.692. The van der Waals surface area contributed by atoms with Crippen LogP contribution in [0.4, 0.5) is 5.82 Å². The quantitative estimate of drug-likeness (QED) is 0.856. The summed E-state index contributed by atoms with van der Waals surface area (Å²) in [5.41, 5.74) is -0.00322. The molecule has 1 saturated heterocycles. The zero-order valence-corrected chi connectivity index (χ0v) is 11.2. The lowest BCUT2D eigenvalue weighted by Crippen LogP contribution is -2.48. The molecule has 1 atom stereocenters. The predicted octanol–water partition coefficient (Wildman–Crippen LogP) is 0.749. The van der Waals surface area contributed by atoms with E-state index < -0.39 is 0 Å². The highest BCUT2D eigenvalue weighted by atomic mass is 16.1. The van der Waals surface area contributed by atoms with Crippen LogP contribution < -0.4 is 15.8 Å². The summed E-state index contributed by atoms with van der Waals surface area (Å²) in [6.07, 6.45) is 6.73. The van der Waals surface area contributed by atoms with Crippen molar-refractivity contribution in [2.24, 2.45) is 7.05 Å². The highest BCUT2D eigenvalue weighted by Gasteiger charge is 2.23. The Balaban J connectivity index is 2.28. The van der Waals surface area contributed by atoms with Crippen LogP contribution >= 0.6 is 0 Å². The molecule has 1 aliphatic heterocycles. The van der Waals surface area contributed by atoms with Crippen LogP contribution in [0.5, 0.6) is 0 Å². The molecule has 1 aromatic heterocycles. The molecule has 2 rings (SSSR count). The van der Waals surface area contributed by atoms with Crippen LogP contribution in [0.3, 0.4) is 0 Å². The largest absolute Gasteiger partial charge is 0.348 e. The van der Waals surface area contributed by atoms with E-state index in [4.69, 9.17) is 0 Å². The van der Waals surface area contributed by atoms with Crippen LogP contribution in [-0.2, 0) is 7.05 Å². The summed E-state index contributed by atoms with van der Waals surface area (Å²) in [7, 11) is 1.77. The zero-order chi connectivity index (χ0) is 13.0. The summed E-state index contributed by atoms with van der Waals surface area (Å²) in [4.78, 5) is 18.6. The van der Waals surface area contributed by atoms with Crippen LogP contribution in [0.1, 0.15) is 26.2 Å². The van der Waals surface area contributed by atoms with E-state index in [1.807, 2.05) is 0 Å². The van der Waals surface area contributed by atoms with Crippen molar-refractivity contribution >= 4 is 5.82 Å². The highest BCUT2D eigenvalue weighted by Crippen LogP contribution is 2.15. The number of nitrogens with one attached hydrogen (secondary N) is 1. The molecule has 0 bridgehead atoms. The average Bonchev–Trinajstić information content (AvgIpc) is 2.41. The third kappa shape index (κ3) is 2.72. The van der Waals surface area contributed by atoms with Gasteiger partial charge in [-0.15, -0.1) is 0 Å². The van der Waals surface area contributed by atoms with Gasteiger partial charge in [-0.25, -0.2) is 4.98 Å². The van der Waals surface area contributed by atoms with Crippen LogP contribution in [0.2, 0.25) is 0 Å². The summed E-state index contributed by atoms with van der Waals surface area (Å²) in [5, 5.41) is 3.40. The first-order chi connectivity index (χ1) is 8.74. The van der Waals surface area contributed by atoms with Gasteiger partial charge in [-0.05, 0) is 25.8 Å². The number of anilines is 1. The lowest BCUT2D eigenvalue weighted by molar-refractivity contribution is 0.427. The van der Waals surface area contributed by atoms with Crippen LogP contribution in [0.15, 0.2) is 17.2 Å². The van der Waals surface area contributed by atoms with Crippen molar-refractivity contribution in [3.63, 3.8) is 0 Å². The number of nitrogens with zero attached hydrogens (tertiary/aromatic N) is 3. The number of rotatable bonds is 4. The Morgan fingerprint density at radius 3 is 3.11 bits per heavy atom. The van der Waals surface area contributed by atoms with Gasteiger partial charge in [-0.3, -0.25) is 4.79 Å². The van der Waals surface area contributed by atoms with Crippen molar-refractivity contribution < 1.29 is 0 Å². The van der Waals surface area contributed by atoms with Crippen LogP contribution in [0.25, 0.3) is 0 Å². The Morgan fingerprint density at radius 2 is 2.44 bits per heavy atom. The van der Waals surface area contributed by atoms with Crippen molar-refractivity contribution in [1.82, 2.24) is 14.9 Å². The molecule has 1 N–H and O–H groups in total. The lowest BCUT2D eigenvalue weighted by atomic mass is 10.1. The molecule has 0 saturated carbocycles. The molecule has 18 heavy (non-hydrogen) atoms. The second-order valence-electron chi connectivity index (χ2n) is 4.86. The van der Waals surface area contributed by atoms with Crippen LogP contribution in [0, 0.1) is 0 Å². The maximum atomic E-state index is 12.2. The van der Waals surface area contributed by atoms with E-state index in [2.05, 4.69) is 22.1 Å². The van der Waals surface area contributed by atoms with E-state index in [1.165, 1.54) is 0 Å². The smallest absolute Gasteiger partial charge is 0.293 e. The standard InChI is InChI=1S/C13H22N4O/c1-3-8-17(11-5-4-6-14-10-11)12-13(18)16(2)9-7-15-12/h7,9,11,14H,3-6,8,10H2,1-2H3. The Hall–Kier alpha value is -1.36. The summed E-state index contributed by atoms with van der Waals surface area (Å²) in [5.74, 6) is 0.593. The second kappa shape index (κ2) is 6.00. The van der Waals surface area contributed by atoms with Crippen molar-refractivity contribution in [3.05, 3.63) is 22.7 Å². The minimum Gasteiger partial charge on any atom is -0.348 e. The maximum Gasteiger partial charge on any atom is 0.293 e. The fourth-order valence-corrected chi connectivity index (χ4v) is 2.48. The Kier molecular flexibility index (Phi) is 4.36.